The molecule has 2 heteroatoms. The molecule has 29 heavy (non-hydrogen) atoms. The molecule has 1 rings (SSSR count). The third kappa shape index (κ3) is 11.8. The van der Waals surface area contributed by atoms with Gasteiger partial charge >= 0.3 is 0 Å². The van der Waals surface area contributed by atoms with E-state index in [1.54, 1.807) is 0 Å². The van der Waals surface area contributed by atoms with Crippen LogP contribution in [-0.4, -0.2) is 36.3 Å². The number of likely N-dealkylation sites (N-methyl/N-ethyl adjacent to an activating group) is 1. The molecule has 2 atom stereocenters. The molecule has 0 fully saturated rings. The lowest BCUT2D eigenvalue weighted by atomic mass is 10.0. The lowest BCUT2D eigenvalue weighted by Crippen LogP contribution is -2.50. The van der Waals surface area contributed by atoms with Crippen LogP contribution in [0.4, 0.5) is 0 Å². The first-order valence-electron chi connectivity index (χ1n) is 12.5. The van der Waals surface area contributed by atoms with Crippen molar-refractivity contribution in [2.45, 2.75) is 116 Å². The number of rotatable bonds is 18. The Bertz CT molecular complexity index is 485. The number of nitrogens with zero attached hydrogens (tertiary/aromatic N) is 1. The lowest BCUT2D eigenvalue weighted by molar-refractivity contribution is -0.917. The van der Waals surface area contributed by atoms with Crippen LogP contribution in [0, 0.1) is 0 Å². The van der Waals surface area contributed by atoms with E-state index in [0.29, 0.717) is 0 Å². The van der Waals surface area contributed by atoms with Crippen LogP contribution in [0.15, 0.2) is 30.3 Å². The predicted molar refractivity (Wildman–Crippen MR) is 128 cm³/mol. The highest BCUT2D eigenvalue weighted by atomic mass is 16.3. The maximum absolute atomic E-state index is 10.7. The van der Waals surface area contributed by atoms with Gasteiger partial charge < -0.3 is 9.59 Å². The van der Waals surface area contributed by atoms with Crippen LogP contribution < -0.4 is 0 Å². The Morgan fingerprint density at radius 1 is 0.690 bits per heavy atom. The summed E-state index contributed by atoms with van der Waals surface area (Å²) in [6.45, 7) is 5.61. The second-order valence-corrected chi connectivity index (χ2v) is 9.69. The normalized spacial score (nSPS) is 14.1. The van der Waals surface area contributed by atoms with Crippen molar-refractivity contribution in [2.24, 2.45) is 0 Å². The molecule has 0 heterocycles. The predicted octanol–water partition coefficient (Wildman–Crippen LogP) is 7.67. The Labute approximate surface area is 182 Å². The minimum absolute atomic E-state index is 0.208. The number of quaternary nitrogens is 1. The fraction of sp³-hybridized carbons (Fsp3) is 0.778. The van der Waals surface area contributed by atoms with Crippen LogP contribution in [0.1, 0.15) is 115 Å². The number of hydrogen-bond acceptors (Lipinski definition) is 1. The zero-order chi connectivity index (χ0) is 21.4. The quantitative estimate of drug-likeness (QED) is 0.197. The largest absolute Gasteiger partial charge is 0.382 e. The van der Waals surface area contributed by atoms with E-state index < -0.39 is 6.10 Å². The summed E-state index contributed by atoms with van der Waals surface area (Å²) in [6, 6.07) is 10.3. The summed E-state index contributed by atoms with van der Waals surface area (Å²) >= 11 is 0. The van der Waals surface area contributed by atoms with Gasteiger partial charge in [-0.1, -0.05) is 114 Å². The molecule has 0 saturated carbocycles. The van der Waals surface area contributed by atoms with Crippen molar-refractivity contribution in [3.05, 3.63) is 35.9 Å². The van der Waals surface area contributed by atoms with Gasteiger partial charge in [-0.15, -0.1) is 0 Å². The molecule has 0 amide bonds. The van der Waals surface area contributed by atoms with Crippen molar-refractivity contribution in [1.82, 2.24) is 0 Å². The Morgan fingerprint density at radius 3 is 1.55 bits per heavy atom. The van der Waals surface area contributed by atoms with Crippen LogP contribution in [0.3, 0.4) is 0 Å². The van der Waals surface area contributed by atoms with E-state index in [1.807, 2.05) is 30.3 Å². The van der Waals surface area contributed by atoms with Crippen LogP contribution in [0.2, 0.25) is 0 Å². The van der Waals surface area contributed by atoms with Crippen molar-refractivity contribution in [3.63, 3.8) is 0 Å². The topological polar surface area (TPSA) is 20.2 Å². The van der Waals surface area contributed by atoms with E-state index in [-0.39, 0.29) is 6.04 Å². The van der Waals surface area contributed by atoms with Gasteiger partial charge in [-0.3, -0.25) is 0 Å². The maximum atomic E-state index is 10.7. The Morgan fingerprint density at radius 2 is 1.10 bits per heavy atom. The van der Waals surface area contributed by atoms with Crippen molar-refractivity contribution >= 4 is 0 Å². The summed E-state index contributed by atoms with van der Waals surface area (Å²) in [4.78, 5) is 0. The molecule has 0 bridgehead atoms. The molecule has 0 aliphatic carbocycles. The van der Waals surface area contributed by atoms with Crippen molar-refractivity contribution in [1.29, 1.82) is 0 Å². The van der Waals surface area contributed by atoms with Crippen molar-refractivity contribution in [3.8, 4) is 0 Å². The smallest absolute Gasteiger partial charge is 0.130 e. The third-order valence-corrected chi connectivity index (χ3v) is 6.79. The molecule has 1 aromatic carbocycles. The highest BCUT2D eigenvalue weighted by Gasteiger charge is 2.30. The van der Waals surface area contributed by atoms with Crippen LogP contribution in [0.5, 0.6) is 0 Å². The van der Waals surface area contributed by atoms with Gasteiger partial charge in [0.1, 0.15) is 12.1 Å². The van der Waals surface area contributed by atoms with Crippen molar-refractivity contribution in [2.75, 3.05) is 20.6 Å². The first-order chi connectivity index (χ1) is 14.0. The Balaban J connectivity index is 2.02. The van der Waals surface area contributed by atoms with Gasteiger partial charge in [0.15, 0.2) is 0 Å². The molecule has 168 valence electrons. The summed E-state index contributed by atoms with van der Waals surface area (Å²) in [5, 5.41) is 10.7. The minimum Gasteiger partial charge on any atom is -0.382 e. The fourth-order valence-corrected chi connectivity index (χ4v) is 4.23. The van der Waals surface area contributed by atoms with E-state index >= 15 is 0 Å². The van der Waals surface area contributed by atoms with E-state index in [0.717, 1.165) is 16.6 Å². The van der Waals surface area contributed by atoms with Gasteiger partial charge in [-0.05, 0) is 25.3 Å². The number of aliphatic hydroxyl groups excluding tert-OH is 1. The summed E-state index contributed by atoms with van der Waals surface area (Å²) < 4.78 is 0.883. The highest BCUT2D eigenvalue weighted by molar-refractivity contribution is 5.18. The van der Waals surface area contributed by atoms with Gasteiger partial charge in [0, 0.05) is 0 Å². The molecule has 0 aromatic heterocycles. The van der Waals surface area contributed by atoms with Crippen LogP contribution in [0.25, 0.3) is 0 Å². The zero-order valence-corrected chi connectivity index (χ0v) is 20.0. The molecule has 1 aromatic rings. The molecule has 0 saturated heterocycles. The average Bonchev–Trinajstić information content (AvgIpc) is 2.73. The van der Waals surface area contributed by atoms with Gasteiger partial charge in [-0.2, -0.15) is 0 Å². The van der Waals surface area contributed by atoms with Gasteiger partial charge in [0.05, 0.1) is 20.6 Å². The standard InChI is InChI=1S/C27H50NO/c1-5-6-7-8-9-10-11-12-13-14-15-16-17-21-24-28(3,4)25(2)27(29)26-22-19-18-20-23-26/h18-20,22-23,25,27,29H,5-17,21,24H2,1-4H3/q+1/t25-,27-/m0/s1. The molecule has 2 nitrogen and oxygen atoms in total. The summed E-state index contributed by atoms with van der Waals surface area (Å²) in [5.41, 5.74) is 1.03. The monoisotopic (exact) mass is 404 g/mol. The molecule has 0 unspecified atom stereocenters. The molecule has 1 N–H and O–H groups in total. The average molecular weight is 405 g/mol. The summed E-state index contributed by atoms with van der Waals surface area (Å²) in [6.07, 6.45) is 19.2. The molecule has 0 radical (unpaired) electrons. The second-order valence-electron chi connectivity index (χ2n) is 9.69. The van der Waals surface area contributed by atoms with Crippen LogP contribution in [-0.2, 0) is 0 Å². The third-order valence-electron chi connectivity index (χ3n) is 6.79. The van der Waals surface area contributed by atoms with Crippen molar-refractivity contribution < 1.29 is 9.59 Å². The first kappa shape index (κ1) is 26.2. The van der Waals surface area contributed by atoms with E-state index in [4.69, 9.17) is 0 Å². The Kier molecular flexibility index (Phi) is 14.4. The fourth-order valence-electron chi connectivity index (χ4n) is 4.23. The minimum atomic E-state index is -0.391. The number of aliphatic hydroxyl groups is 1. The van der Waals surface area contributed by atoms with E-state index in [1.165, 1.54) is 89.9 Å². The first-order valence-corrected chi connectivity index (χ1v) is 12.5. The molecular formula is C27H50NO+. The summed E-state index contributed by atoms with van der Waals surface area (Å²) in [5.74, 6) is 0. The highest BCUT2D eigenvalue weighted by Crippen LogP contribution is 2.24. The number of benzene rings is 1. The SMILES string of the molecule is CCCCCCCCCCCCCCCC[N+](C)(C)[C@@H](C)[C@H](O)c1ccccc1. The van der Waals surface area contributed by atoms with Gasteiger partial charge in [0.2, 0.25) is 0 Å². The maximum Gasteiger partial charge on any atom is 0.130 e. The molecule has 0 aliphatic heterocycles. The number of unbranched alkanes of at least 4 members (excludes halogenated alkanes) is 13. The van der Waals surface area contributed by atoms with E-state index in [2.05, 4.69) is 27.9 Å². The molecule has 0 aliphatic rings. The number of hydrogen-bond donors (Lipinski definition) is 1. The Hall–Kier alpha value is -0.860. The summed E-state index contributed by atoms with van der Waals surface area (Å²) in [7, 11) is 4.53. The van der Waals surface area contributed by atoms with Gasteiger partial charge in [0.25, 0.3) is 0 Å². The van der Waals surface area contributed by atoms with Gasteiger partial charge in [-0.25, -0.2) is 0 Å². The second kappa shape index (κ2) is 15.9. The lowest BCUT2D eigenvalue weighted by Gasteiger charge is -2.38. The van der Waals surface area contributed by atoms with E-state index in [9.17, 15) is 5.11 Å². The molecular weight excluding hydrogens is 354 g/mol. The van der Waals surface area contributed by atoms with Crippen LogP contribution >= 0.6 is 0 Å². The molecule has 0 spiro atoms. The zero-order valence-electron chi connectivity index (χ0n) is 20.0.